The molecule has 0 aromatic heterocycles. The van der Waals surface area contributed by atoms with E-state index in [0.717, 1.165) is 38.4 Å². The van der Waals surface area contributed by atoms with E-state index in [1.165, 1.54) is 19.3 Å². The third-order valence-corrected chi connectivity index (χ3v) is 6.76. The molecule has 2 aromatic carbocycles. The number of carbonyl (C=O) groups is 2. The first kappa shape index (κ1) is 22.5. The van der Waals surface area contributed by atoms with Gasteiger partial charge in [0.1, 0.15) is 0 Å². The normalized spacial score (nSPS) is 18.7. The first-order valence-electron chi connectivity index (χ1n) is 11.9. The Labute approximate surface area is 191 Å². The lowest BCUT2D eigenvalue weighted by molar-refractivity contribution is -0.118. The van der Waals surface area contributed by atoms with Crippen LogP contribution in [0.3, 0.4) is 0 Å². The van der Waals surface area contributed by atoms with Crippen molar-refractivity contribution in [3.63, 3.8) is 0 Å². The predicted molar refractivity (Wildman–Crippen MR) is 130 cm³/mol. The summed E-state index contributed by atoms with van der Waals surface area (Å²) in [4.78, 5) is 33.1. The summed E-state index contributed by atoms with van der Waals surface area (Å²) in [5.74, 6) is -0.160. The number of likely N-dealkylation sites (tertiary alicyclic amines) is 1. The predicted octanol–water partition coefficient (Wildman–Crippen LogP) is 4.50. The summed E-state index contributed by atoms with van der Waals surface area (Å²) in [6.07, 6.45) is 4.07. The molecule has 6 nitrogen and oxygen atoms in total. The number of benzene rings is 2. The van der Waals surface area contributed by atoms with Crippen molar-refractivity contribution in [3.8, 4) is 0 Å². The van der Waals surface area contributed by atoms with Crippen molar-refractivity contribution in [2.45, 2.75) is 45.6 Å². The van der Waals surface area contributed by atoms with Gasteiger partial charge in [-0.3, -0.25) is 19.4 Å². The van der Waals surface area contributed by atoms with Gasteiger partial charge in [0.15, 0.2) is 0 Å². The lowest BCUT2D eigenvalue weighted by Gasteiger charge is -2.38. The lowest BCUT2D eigenvalue weighted by atomic mass is 10.0. The average molecular weight is 435 g/mol. The minimum absolute atomic E-state index is 0.0218. The smallest absolute Gasteiger partial charge is 0.257 e. The molecule has 2 heterocycles. The van der Waals surface area contributed by atoms with Crippen LogP contribution >= 0.6 is 0 Å². The summed E-state index contributed by atoms with van der Waals surface area (Å²) < 4.78 is 0. The van der Waals surface area contributed by atoms with Crippen LogP contribution in [0.1, 0.15) is 49.9 Å². The number of amides is 2. The molecule has 1 unspecified atom stereocenters. The van der Waals surface area contributed by atoms with Crippen molar-refractivity contribution >= 4 is 28.9 Å². The maximum absolute atomic E-state index is 13.6. The SMILES string of the molecule is CCN(CC)CC1CCCCN1CCC(=O)N1c2ccccc2NC(=O)c2ccccc21. The lowest BCUT2D eigenvalue weighted by Crippen LogP contribution is -2.47. The van der Waals surface area contributed by atoms with Crippen LogP contribution in [0, 0.1) is 0 Å². The van der Waals surface area contributed by atoms with Gasteiger partial charge >= 0.3 is 0 Å². The first-order chi connectivity index (χ1) is 15.6. The van der Waals surface area contributed by atoms with E-state index in [4.69, 9.17) is 0 Å². The van der Waals surface area contributed by atoms with E-state index in [1.54, 1.807) is 11.0 Å². The third kappa shape index (κ3) is 4.71. The summed E-state index contributed by atoms with van der Waals surface area (Å²) >= 11 is 0. The second-order valence-electron chi connectivity index (χ2n) is 8.64. The molecule has 0 spiro atoms. The molecule has 2 aromatic rings. The van der Waals surface area contributed by atoms with Crippen LogP contribution in [-0.4, -0.2) is 60.4 Å². The maximum atomic E-state index is 13.6. The summed E-state index contributed by atoms with van der Waals surface area (Å²) in [5, 5.41) is 2.96. The molecule has 0 saturated carbocycles. The standard InChI is InChI=1S/C26H34N4O2/c1-3-28(4-2)19-20-11-9-10-17-29(20)18-16-25(31)30-23-14-7-5-12-21(23)26(32)27-22-13-6-8-15-24(22)30/h5-8,12-15,20H,3-4,9-11,16-19H2,1-2H3,(H,27,32). The van der Waals surface area contributed by atoms with Gasteiger partial charge in [-0.2, -0.15) is 0 Å². The number of anilines is 3. The van der Waals surface area contributed by atoms with Crippen molar-refractivity contribution in [2.24, 2.45) is 0 Å². The van der Waals surface area contributed by atoms with Gasteiger partial charge in [0.25, 0.3) is 5.91 Å². The molecule has 170 valence electrons. The van der Waals surface area contributed by atoms with Gasteiger partial charge in [0.2, 0.25) is 5.91 Å². The van der Waals surface area contributed by atoms with E-state index >= 15 is 0 Å². The van der Waals surface area contributed by atoms with Crippen LogP contribution in [0.5, 0.6) is 0 Å². The topological polar surface area (TPSA) is 55.9 Å². The Hall–Kier alpha value is -2.70. The molecule has 1 saturated heterocycles. The van der Waals surface area contributed by atoms with Crippen molar-refractivity contribution in [3.05, 3.63) is 54.1 Å². The van der Waals surface area contributed by atoms with Gasteiger partial charge in [-0.25, -0.2) is 0 Å². The molecule has 4 rings (SSSR count). The van der Waals surface area contributed by atoms with Gasteiger partial charge in [0, 0.05) is 25.6 Å². The van der Waals surface area contributed by atoms with E-state index in [1.807, 2.05) is 42.5 Å². The first-order valence-corrected chi connectivity index (χ1v) is 11.9. The van der Waals surface area contributed by atoms with Crippen LogP contribution in [0.15, 0.2) is 48.5 Å². The van der Waals surface area contributed by atoms with E-state index in [9.17, 15) is 9.59 Å². The van der Waals surface area contributed by atoms with Gasteiger partial charge in [-0.1, -0.05) is 44.5 Å². The molecule has 32 heavy (non-hydrogen) atoms. The minimum atomic E-state index is -0.182. The number of rotatable bonds is 7. The summed E-state index contributed by atoms with van der Waals surface area (Å²) in [6, 6.07) is 15.4. The highest BCUT2D eigenvalue weighted by molar-refractivity contribution is 6.17. The van der Waals surface area contributed by atoms with E-state index in [-0.39, 0.29) is 11.8 Å². The summed E-state index contributed by atoms with van der Waals surface area (Å²) in [5.41, 5.74) is 2.57. The fourth-order valence-corrected chi connectivity index (χ4v) is 4.92. The molecule has 0 bridgehead atoms. The zero-order chi connectivity index (χ0) is 22.5. The number of piperidine rings is 1. The zero-order valence-corrected chi connectivity index (χ0v) is 19.2. The molecular formula is C26H34N4O2. The van der Waals surface area contributed by atoms with Crippen LogP contribution < -0.4 is 10.2 Å². The number of fused-ring (bicyclic) bond motifs is 2. The Morgan fingerprint density at radius 3 is 2.53 bits per heavy atom. The van der Waals surface area contributed by atoms with Crippen LogP contribution in [-0.2, 0) is 4.79 Å². The highest BCUT2D eigenvalue weighted by Crippen LogP contribution is 2.38. The highest BCUT2D eigenvalue weighted by Gasteiger charge is 2.30. The summed E-state index contributed by atoms with van der Waals surface area (Å²) in [6.45, 7) is 9.40. The summed E-state index contributed by atoms with van der Waals surface area (Å²) in [7, 11) is 0. The molecule has 6 heteroatoms. The molecule has 0 aliphatic carbocycles. The number of para-hydroxylation sites is 3. The number of carbonyl (C=O) groups excluding carboxylic acids is 2. The van der Waals surface area contributed by atoms with Gasteiger partial charge in [-0.05, 0) is 56.7 Å². The zero-order valence-electron chi connectivity index (χ0n) is 19.2. The number of hydrogen-bond acceptors (Lipinski definition) is 4. The van der Waals surface area contributed by atoms with Gasteiger partial charge in [-0.15, -0.1) is 0 Å². The quantitative estimate of drug-likeness (QED) is 0.697. The molecule has 1 N–H and O–H groups in total. The Balaban J connectivity index is 1.55. The maximum Gasteiger partial charge on any atom is 0.257 e. The monoisotopic (exact) mass is 434 g/mol. The molecule has 2 amide bonds. The number of nitrogens with one attached hydrogen (secondary N) is 1. The van der Waals surface area contributed by atoms with Crippen molar-refractivity contribution in [1.82, 2.24) is 9.80 Å². The highest BCUT2D eigenvalue weighted by atomic mass is 16.2. The molecule has 0 radical (unpaired) electrons. The second kappa shape index (κ2) is 10.3. The van der Waals surface area contributed by atoms with Crippen LogP contribution in [0.2, 0.25) is 0 Å². The fraction of sp³-hybridized carbons (Fsp3) is 0.462. The average Bonchev–Trinajstić information content (AvgIpc) is 2.95. The Bertz CT molecular complexity index is 956. The second-order valence-corrected chi connectivity index (χ2v) is 8.64. The number of nitrogens with zero attached hydrogens (tertiary/aromatic N) is 3. The number of likely N-dealkylation sites (N-methyl/N-ethyl adjacent to an activating group) is 1. The largest absolute Gasteiger partial charge is 0.320 e. The van der Waals surface area contributed by atoms with E-state index in [0.29, 0.717) is 29.4 Å². The molecular weight excluding hydrogens is 400 g/mol. The van der Waals surface area contributed by atoms with Crippen molar-refractivity contribution in [2.75, 3.05) is 42.9 Å². The molecule has 2 aliphatic rings. The minimum Gasteiger partial charge on any atom is -0.320 e. The van der Waals surface area contributed by atoms with Gasteiger partial charge in [0.05, 0.1) is 22.6 Å². The Morgan fingerprint density at radius 1 is 1.03 bits per heavy atom. The third-order valence-electron chi connectivity index (χ3n) is 6.76. The van der Waals surface area contributed by atoms with E-state index < -0.39 is 0 Å². The van der Waals surface area contributed by atoms with Crippen molar-refractivity contribution < 1.29 is 9.59 Å². The van der Waals surface area contributed by atoms with Crippen LogP contribution in [0.25, 0.3) is 0 Å². The Morgan fingerprint density at radius 2 is 1.75 bits per heavy atom. The molecule has 1 fully saturated rings. The molecule has 1 atom stereocenters. The fourth-order valence-electron chi connectivity index (χ4n) is 4.92. The Kier molecular flexibility index (Phi) is 7.22. The molecule has 2 aliphatic heterocycles. The van der Waals surface area contributed by atoms with Crippen molar-refractivity contribution in [1.29, 1.82) is 0 Å². The van der Waals surface area contributed by atoms with E-state index in [2.05, 4.69) is 29.0 Å². The number of hydrogen-bond donors (Lipinski definition) is 1. The van der Waals surface area contributed by atoms with Gasteiger partial charge < -0.3 is 10.2 Å². The van der Waals surface area contributed by atoms with Crippen LogP contribution in [0.4, 0.5) is 17.1 Å².